The molecule has 0 atom stereocenters. The van der Waals surface area contributed by atoms with Crippen LogP contribution in [0.5, 0.6) is 0 Å². The minimum Gasteiger partial charge on any atom is -0.368 e. The van der Waals surface area contributed by atoms with Gasteiger partial charge in [0, 0.05) is 31.8 Å². The predicted molar refractivity (Wildman–Crippen MR) is 48.7 cm³/mol. The highest BCUT2D eigenvalue weighted by Gasteiger charge is 1.83. The Morgan fingerprint density at radius 1 is 1.33 bits per heavy atom. The zero-order valence-electron chi connectivity index (χ0n) is 7.36. The van der Waals surface area contributed by atoms with Crippen LogP contribution >= 0.6 is 0 Å². The van der Waals surface area contributed by atoms with Crippen molar-refractivity contribution in [3.8, 4) is 0 Å². The third-order valence-corrected chi connectivity index (χ3v) is 1.56. The summed E-state index contributed by atoms with van der Waals surface area (Å²) in [5, 5.41) is 0. The smallest absolute Gasteiger partial charge is 0.105 e. The molecule has 2 aromatic heterocycles. The number of aryl methyl sites for hydroxylation is 2. The topological polar surface area (TPSA) is 33.6 Å². The van der Waals surface area contributed by atoms with Crippen molar-refractivity contribution in [1.29, 1.82) is 0 Å². The number of aromatic nitrogens is 3. The van der Waals surface area contributed by atoms with Gasteiger partial charge in [-0.25, -0.2) is 4.98 Å². The first-order valence-corrected chi connectivity index (χ1v) is 3.82. The van der Waals surface area contributed by atoms with E-state index in [0.717, 1.165) is 5.82 Å². The number of nitrogens with one attached hydrogen (secondary N) is 1. The van der Waals surface area contributed by atoms with E-state index >= 15 is 0 Å². The molecule has 12 heavy (non-hydrogen) atoms. The number of rotatable bonds is 0. The number of hydrogen-bond donors (Lipinski definition) is 1. The summed E-state index contributed by atoms with van der Waals surface area (Å²) in [6, 6.07) is 3.89. The van der Waals surface area contributed by atoms with Crippen LogP contribution in [0, 0.1) is 6.92 Å². The first-order chi connectivity index (χ1) is 5.80. The summed E-state index contributed by atoms with van der Waals surface area (Å²) in [6.07, 6.45) is 7.46. The van der Waals surface area contributed by atoms with E-state index in [2.05, 4.69) is 9.97 Å². The summed E-state index contributed by atoms with van der Waals surface area (Å²) >= 11 is 0. The molecule has 0 fully saturated rings. The molecule has 0 aromatic carbocycles. The van der Waals surface area contributed by atoms with Crippen molar-refractivity contribution in [3.05, 3.63) is 42.7 Å². The largest absolute Gasteiger partial charge is 0.368 e. The van der Waals surface area contributed by atoms with E-state index in [1.54, 1.807) is 6.20 Å². The number of H-pyrrole nitrogens is 1. The second-order valence-corrected chi connectivity index (χ2v) is 2.47. The molecule has 1 N–H and O–H groups in total. The zero-order valence-corrected chi connectivity index (χ0v) is 7.36. The molecule has 0 unspecified atom stereocenters. The van der Waals surface area contributed by atoms with Gasteiger partial charge < -0.3 is 9.55 Å². The van der Waals surface area contributed by atoms with Gasteiger partial charge in [-0.3, -0.25) is 0 Å². The zero-order chi connectivity index (χ0) is 8.81. The quantitative estimate of drug-likeness (QED) is 0.630. The molecule has 0 radical (unpaired) electrons. The Bertz CT molecular complexity index is 261. The fourth-order valence-electron chi connectivity index (χ4n) is 0.718. The lowest BCUT2D eigenvalue weighted by atomic mass is 10.7. The van der Waals surface area contributed by atoms with E-state index < -0.39 is 0 Å². The van der Waals surface area contributed by atoms with Crippen molar-refractivity contribution in [3.63, 3.8) is 0 Å². The van der Waals surface area contributed by atoms with E-state index in [1.165, 1.54) is 0 Å². The van der Waals surface area contributed by atoms with Gasteiger partial charge >= 0.3 is 0 Å². The van der Waals surface area contributed by atoms with Crippen LogP contribution in [0.2, 0.25) is 0 Å². The number of imidazole rings is 1. The minimum atomic E-state index is 1.06. The molecule has 2 rings (SSSR count). The Labute approximate surface area is 72.1 Å². The van der Waals surface area contributed by atoms with Crippen LogP contribution in [0.4, 0.5) is 0 Å². The summed E-state index contributed by atoms with van der Waals surface area (Å²) < 4.78 is 1.97. The molecular formula is C9H13N3. The van der Waals surface area contributed by atoms with Gasteiger partial charge in [0.15, 0.2) is 0 Å². The van der Waals surface area contributed by atoms with Crippen LogP contribution in [0.3, 0.4) is 0 Å². The first kappa shape index (κ1) is 8.59. The summed E-state index contributed by atoms with van der Waals surface area (Å²) in [4.78, 5) is 6.84. The highest BCUT2D eigenvalue weighted by Crippen LogP contribution is 1.86. The van der Waals surface area contributed by atoms with E-state index in [-0.39, 0.29) is 0 Å². The SMILES string of the molecule is Cc1nccn1C.c1cc[nH]c1. The molecule has 0 aliphatic heterocycles. The van der Waals surface area contributed by atoms with Crippen molar-refractivity contribution in [2.75, 3.05) is 0 Å². The molecule has 2 heterocycles. The van der Waals surface area contributed by atoms with Crippen LogP contribution in [0.25, 0.3) is 0 Å². The second-order valence-electron chi connectivity index (χ2n) is 2.47. The van der Waals surface area contributed by atoms with Gasteiger partial charge in [-0.1, -0.05) is 0 Å². The lowest BCUT2D eigenvalue weighted by Gasteiger charge is -1.87. The standard InChI is InChI=1S/C5H8N2.C4H5N/c1-5-6-3-4-7(5)2;1-2-4-5-3-1/h3-4H,1-2H3;1-5H. The van der Waals surface area contributed by atoms with Crippen LogP contribution < -0.4 is 0 Å². The highest BCUT2D eigenvalue weighted by molar-refractivity contribution is 4.86. The number of hydrogen-bond acceptors (Lipinski definition) is 1. The molecule has 2 aromatic rings. The lowest BCUT2D eigenvalue weighted by molar-refractivity contribution is 0.858. The Morgan fingerprint density at radius 3 is 2.17 bits per heavy atom. The number of nitrogens with zero attached hydrogens (tertiary/aromatic N) is 2. The van der Waals surface area contributed by atoms with E-state index in [4.69, 9.17) is 0 Å². The molecule has 64 valence electrons. The second kappa shape index (κ2) is 4.38. The maximum atomic E-state index is 3.98. The minimum absolute atomic E-state index is 1.06. The first-order valence-electron chi connectivity index (χ1n) is 3.82. The molecule has 0 bridgehead atoms. The van der Waals surface area contributed by atoms with Gasteiger partial charge in [-0.2, -0.15) is 0 Å². The van der Waals surface area contributed by atoms with Gasteiger partial charge in [0.1, 0.15) is 5.82 Å². The van der Waals surface area contributed by atoms with Crippen LogP contribution in [-0.4, -0.2) is 14.5 Å². The lowest BCUT2D eigenvalue weighted by Crippen LogP contribution is -1.86. The Balaban J connectivity index is 0.000000127. The highest BCUT2D eigenvalue weighted by atomic mass is 15.0. The van der Waals surface area contributed by atoms with Gasteiger partial charge in [0.2, 0.25) is 0 Å². The molecule has 0 aliphatic rings. The fraction of sp³-hybridized carbons (Fsp3) is 0.222. The monoisotopic (exact) mass is 163 g/mol. The average molecular weight is 163 g/mol. The third-order valence-electron chi connectivity index (χ3n) is 1.56. The summed E-state index contributed by atoms with van der Waals surface area (Å²) in [5.41, 5.74) is 0. The molecule has 0 saturated heterocycles. The summed E-state index contributed by atoms with van der Waals surface area (Å²) in [6.45, 7) is 1.97. The van der Waals surface area contributed by atoms with Crippen LogP contribution in [-0.2, 0) is 7.05 Å². The molecule has 0 amide bonds. The van der Waals surface area contributed by atoms with Crippen molar-refractivity contribution >= 4 is 0 Å². The van der Waals surface area contributed by atoms with Crippen molar-refractivity contribution < 1.29 is 0 Å². The van der Waals surface area contributed by atoms with Gasteiger partial charge in [0.05, 0.1) is 0 Å². The predicted octanol–water partition coefficient (Wildman–Crippen LogP) is 1.74. The molecule has 0 aliphatic carbocycles. The summed E-state index contributed by atoms with van der Waals surface area (Å²) in [7, 11) is 1.97. The van der Waals surface area contributed by atoms with E-state index in [1.807, 2.05) is 49.3 Å². The molecule has 0 spiro atoms. The van der Waals surface area contributed by atoms with Gasteiger partial charge in [-0.15, -0.1) is 0 Å². The summed E-state index contributed by atoms with van der Waals surface area (Å²) in [5.74, 6) is 1.06. The molecule has 0 saturated carbocycles. The normalized spacial score (nSPS) is 8.83. The fourth-order valence-corrected chi connectivity index (χ4v) is 0.718. The van der Waals surface area contributed by atoms with Crippen molar-refractivity contribution in [2.45, 2.75) is 6.92 Å². The van der Waals surface area contributed by atoms with Crippen LogP contribution in [0.1, 0.15) is 5.82 Å². The van der Waals surface area contributed by atoms with Crippen LogP contribution in [0.15, 0.2) is 36.9 Å². The maximum Gasteiger partial charge on any atom is 0.105 e. The van der Waals surface area contributed by atoms with Crippen molar-refractivity contribution in [1.82, 2.24) is 14.5 Å². The Hall–Kier alpha value is -1.51. The maximum absolute atomic E-state index is 3.98. The van der Waals surface area contributed by atoms with Gasteiger partial charge in [0.25, 0.3) is 0 Å². The average Bonchev–Trinajstić information content (AvgIpc) is 2.67. The molecule has 3 nitrogen and oxygen atoms in total. The van der Waals surface area contributed by atoms with Crippen molar-refractivity contribution in [2.24, 2.45) is 7.05 Å². The third kappa shape index (κ3) is 2.62. The Kier molecular flexibility index (Phi) is 3.14. The molecule has 3 heteroatoms. The molecular weight excluding hydrogens is 150 g/mol. The van der Waals surface area contributed by atoms with E-state index in [0.29, 0.717) is 0 Å². The number of aromatic amines is 1. The Morgan fingerprint density at radius 2 is 2.00 bits per heavy atom. The van der Waals surface area contributed by atoms with E-state index in [9.17, 15) is 0 Å². The van der Waals surface area contributed by atoms with Gasteiger partial charge in [-0.05, 0) is 19.1 Å².